The van der Waals surface area contributed by atoms with E-state index >= 15 is 0 Å². The van der Waals surface area contributed by atoms with E-state index < -0.39 is 0 Å². The SMILES string of the molecule is CCSC1CC(=O)N(CCOCCOCCN2C(=O)CC(SCC(C)CC(C)(C)CCCCN=CC(COCC(C=NCCCCC(C)C)=NN)=NN)C2=O)C1=O. The molecule has 0 aromatic carbocycles. The van der Waals surface area contributed by atoms with E-state index in [1.54, 1.807) is 24.2 Å². The predicted octanol–water partition coefficient (Wildman–Crippen LogP) is 4.60. The van der Waals surface area contributed by atoms with Crippen LogP contribution in [0.3, 0.4) is 0 Å². The van der Waals surface area contributed by atoms with Crippen LogP contribution in [-0.4, -0.2) is 145 Å². The second-order valence-electron chi connectivity index (χ2n) is 15.8. The van der Waals surface area contributed by atoms with E-state index in [0.717, 1.165) is 56.6 Å². The molecule has 0 radical (unpaired) electrons. The molecule has 2 rings (SSSR count). The Morgan fingerprint density at radius 2 is 1.28 bits per heavy atom. The Morgan fingerprint density at radius 3 is 1.77 bits per heavy atom. The highest BCUT2D eigenvalue weighted by atomic mass is 32.2. The average Bonchev–Trinajstić information content (AvgIpc) is 3.59. The lowest BCUT2D eigenvalue weighted by Crippen LogP contribution is -2.35. The van der Waals surface area contributed by atoms with Gasteiger partial charge in [0.1, 0.15) is 11.4 Å². The number of rotatable bonds is 32. The molecule has 0 saturated carbocycles. The number of carbonyl (C=O) groups is 4. The van der Waals surface area contributed by atoms with Gasteiger partial charge in [-0.2, -0.15) is 10.2 Å². The monoisotopic (exact) mass is 838 g/mol. The Kier molecular flexibility index (Phi) is 25.2. The second-order valence-corrected chi connectivity index (χ2v) is 18.5. The minimum absolute atomic E-state index is 0.129. The van der Waals surface area contributed by atoms with E-state index in [0.29, 0.717) is 29.8 Å². The molecule has 324 valence electrons. The zero-order valence-corrected chi connectivity index (χ0v) is 37.0. The molecule has 0 aliphatic carbocycles. The van der Waals surface area contributed by atoms with Gasteiger partial charge in [0.2, 0.25) is 23.6 Å². The second kappa shape index (κ2) is 28.5. The highest BCUT2D eigenvalue weighted by Crippen LogP contribution is 2.34. The van der Waals surface area contributed by atoms with Crippen LogP contribution in [0.25, 0.3) is 0 Å². The van der Waals surface area contributed by atoms with Crippen LogP contribution in [0.5, 0.6) is 0 Å². The summed E-state index contributed by atoms with van der Waals surface area (Å²) in [6.45, 7) is 16.5. The first-order valence-electron chi connectivity index (χ1n) is 20.5. The van der Waals surface area contributed by atoms with Gasteiger partial charge in [-0.15, -0.1) is 23.5 Å². The standard InChI is InChI=1S/C40H70N8O7S2/c1-7-56-34-22-36(49)47(38(34)51)16-18-53-20-21-54-19-17-48-37(50)23-35(39(48)52)57-29-31(4)24-40(5,6)13-9-11-15-44-26-33(46-42)28-55-27-32(45-41)25-43-14-10-8-12-30(2)3/h25-26,30-31,34-35H,7-24,27-29,41-42H2,1-6H3. The molecule has 2 aliphatic rings. The molecule has 3 atom stereocenters. The van der Waals surface area contributed by atoms with Crippen LogP contribution in [0.2, 0.25) is 0 Å². The van der Waals surface area contributed by atoms with Crippen LogP contribution in [0, 0.1) is 17.3 Å². The number of imide groups is 2. The fourth-order valence-electron chi connectivity index (χ4n) is 6.63. The van der Waals surface area contributed by atoms with Gasteiger partial charge in [-0.05, 0) is 54.4 Å². The van der Waals surface area contributed by atoms with Crippen molar-refractivity contribution >= 4 is 71.0 Å². The molecule has 4 amide bonds. The van der Waals surface area contributed by atoms with Crippen molar-refractivity contribution in [2.75, 3.05) is 77.3 Å². The van der Waals surface area contributed by atoms with E-state index in [9.17, 15) is 19.2 Å². The number of aliphatic imine (C=N–C) groups is 2. The lowest BCUT2D eigenvalue weighted by atomic mass is 9.80. The van der Waals surface area contributed by atoms with Crippen LogP contribution < -0.4 is 11.7 Å². The molecule has 2 saturated heterocycles. The van der Waals surface area contributed by atoms with Crippen LogP contribution in [0.4, 0.5) is 0 Å². The minimum Gasteiger partial charge on any atom is -0.377 e. The van der Waals surface area contributed by atoms with E-state index in [1.807, 2.05) is 6.92 Å². The Hall–Kier alpha value is -2.86. The third-order valence-corrected chi connectivity index (χ3v) is 12.2. The largest absolute Gasteiger partial charge is 0.377 e. The Bertz CT molecular complexity index is 1360. The van der Waals surface area contributed by atoms with Crippen molar-refractivity contribution in [3.63, 3.8) is 0 Å². The van der Waals surface area contributed by atoms with Crippen molar-refractivity contribution in [1.29, 1.82) is 0 Å². The lowest BCUT2D eigenvalue weighted by molar-refractivity contribution is -0.141. The molecule has 57 heavy (non-hydrogen) atoms. The number of hydrazone groups is 2. The summed E-state index contributed by atoms with van der Waals surface area (Å²) >= 11 is 3.06. The third-order valence-electron chi connectivity index (χ3n) is 9.57. The number of thioether (sulfide) groups is 2. The van der Waals surface area contributed by atoms with Crippen molar-refractivity contribution in [2.24, 2.45) is 49.1 Å². The summed E-state index contributed by atoms with van der Waals surface area (Å²) in [5, 5.41) is 6.89. The fraction of sp³-hybridized carbons (Fsp3) is 0.800. The summed E-state index contributed by atoms with van der Waals surface area (Å²) in [6.07, 6.45) is 11.2. The van der Waals surface area contributed by atoms with Crippen molar-refractivity contribution in [3.8, 4) is 0 Å². The van der Waals surface area contributed by atoms with Gasteiger partial charge >= 0.3 is 0 Å². The first-order valence-corrected chi connectivity index (χ1v) is 22.6. The number of hydrogen-bond acceptors (Lipinski definition) is 15. The van der Waals surface area contributed by atoms with E-state index in [1.165, 1.54) is 28.0 Å². The van der Waals surface area contributed by atoms with Gasteiger partial charge in [0.25, 0.3) is 0 Å². The summed E-state index contributed by atoms with van der Waals surface area (Å²) in [5.74, 6) is 13.1. The van der Waals surface area contributed by atoms with Gasteiger partial charge in [0.05, 0.1) is 63.2 Å². The maximum Gasteiger partial charge on any atom is 0.242 e. The Balaban J connectivity index is 1.55. The fourth-order valence-corrected chi connectivity index (χ4v) is 8.78. The number of carbonyl (C=O) groups excluding carboxylic acids is 4. The number of nitrogens with two attached hydrogens (primary N) is 2. The molecule has 17 heteroatoms. The van der Waals surface area contributed by atoms with Gasteiger partial charge in [0.15, 0.2) is 0 Å². The van der Waals surface area contributed by atoms with Crippen molar-refractivity contribution < 1.29 is 33.4 Å². The smallest absolute Gasteiger partial charge is 0.242 e. The summed E-state index contributed by atoms with van der Waals surface area (Å²) in [7, 11) is 0. The zero-order chi connectivity index (χ0) is 42.1. The molecular weight excluding hydrogens is 769 g/mol. The van der Waals surface area contributed by atoms with Crippen molar-refractivity contribution in [1.82, 2.24) is 9.80 Å². The van der Waals surface area contributed by atoms with Crippen molar-refractivity contribution in [3.05, 3.63) is 0 Å². The maximum absolute atomic E-state index is 13.0. The van der Waals surface area contributed by atoms with Crippen LogP contribution in [0.15, 0.2) is 20.2 Å². The molecule has 15 nitrogen and oxygen atoms in total. The topological polar surface area (TPSA) is 204 Å². The molecule has 2 fully saturated rings. The van der Waals surface area contributed by atoms with Gasteiger partial charge in [-0.1, -0.05) is 60.8 Å². The normalized spacial score (nSPS) is 19.2. The number of unbranched alkanes of at least 4 members (excludes halogenated alkanes) is 2. The van der Waals surface area contributed by atoms with Crippen LogP contribution in [0.1, 0.15) is 99.3 Å². The van der Waals surface area contributed by atoms with Crippen LogP contribution >= 0.6 is 23.5 Å². The molecule has 0 spiro atoms. The quantitative estimate of drug-likeness (QED) is 0.0315. The van der Waals surface area contributed by atoms with Crippen molar-refractivity contribution in [2.45, 2.75) is 110 Å². The Morgan fingerprint density at radius 1 is 0.772 bits per heavy atom. The number of nitrogens with zero attached hydrogens (tertiary/aromatic N) is 6. The number of hydrogen-bond donors (Lipinski definition) is 2. The molecule has 2 aliphatic heterocycles. The first-order chi connectivity index (χ1) is 27.3. The minimum atomic E-state index is -0.359. The number of ether oxygens (including phenoxy) is 3. The molecule has 0 aromatic rings. The maximum atomic E-state index is 13.0. The molecular formula is C40H70N8O7S2. The predicted molar refractivity (Wildman–Crippen MR) is 233 cm³/mol. The summed E-state index contributed by atoms with van der Waals surface area (Å²) < 4.78 is 16.8. The molecule has 4 N–H and O–H groups in total. The molecule has 0 aromatic heterocycles. The van der Waals surface area contributed by atoms with Crippen LogP contribution in [-0.2, 0) is 33.4 Å². The lowest BCUT2D eigenvalue weighted by Gasteiger charge is -2.28. The molecule has 2 heterocycles. The van der Waals surface area contributed by atoms with Gasteiger partial charge in [-0.3, -0.25) is 39.0 Å². The van der Waals surface area contributed by atoms with E-state index in [2.05, 4.69) is 54.8 Å². The highest BCUT2D eigenvalue weighted by Gasteiger charge is 2.39. The number of amides is 4. The summed E-state index contributed by atoms with van der Waals surface area (Å²) in [6, 6.07) is 0. The summed E-state index contributed by atoms with van der Waals surface area (Å²) in [4.78, 5) is 61.5. The van der Waals surface area contributed by atoms with E-state index in [-0.39, 0.29) is 105 Å². The average molecular weight is 839 g/mol. The van der Waals surface area contributed by atoms with E-state index in [4.69, 9.17) is 25.9 Å². The third kappa shape index (κ3) is 20.6. The van der Waals surface area contributed by atoms with Gasteiger partial charge in [-0.25, -0.2) is 0 Å². The Labute approximate surface area is 349 Å². The molecule has 0 bridgehead atoms. The first kappa shape index (κ1) is 50.3. The highest BCUT2D eigenvalue weighted by molar-refractivity contribution is 8.00. The molecule has 3 unspecified atom stereocenters. The zero-order valence-electron chi connectivity index (χ0n) is 35.3. The number of likely N-dealkylation sites (tertiary alicyclic amines) is 2. The van der Waals surface area contributed by atoms with Gasteiger partial charge in [0, 0.05) is 38.4 Å². The van der Waals surface area contributed by atoms with Gasteiger partial charge < -0.3 is 25.9 Å². The summed E-state index contributed by atoms with van der Waals surface area (Å²) in [5.41, 5.74) is 1.22.